The summed E-state index contributed by atoms with van der Waals surface area (Å²) in [5.74, 6) is 3.49. The topological polar surface area (TPSA) is 87.2 Å². The average Bonchev–Trinajstić information content (AvgIpc) is 1.58. The first kappa shape index (κ1) is 64.7. The first-order valence-corrected chi connectivity index (χ1v) is 36.7. The van der Waals surface area contributed by atoms with Crippen LogP contribution in [0.3, 0.4) is 0 Å². The summed E-state index contributed by atoms with van der Waals surface area (Å²) in [6.45, 7) is 8.57. The van der Waals surface area contributed by atoms with Gasteiger partial charge in [0.15, 0.2) is 34.9 Å². The van der Waals surface area contributed by atoms with E-state index in [1.165, 1.54) is 22.3 Å². The molecule has 108 heavy (non-hydrogen) atoms. The van der Waals surface area contributed by atoms with Gasteiger partial charge < -0.3 is 9.13 Å². The van der Waals surface area contributed by atoms with Crippen molar-refractivity contribution in [1.82, 2.24) is 39.0 Å². The molecule has 0 unspecified atom stereocenters. The molecule has 0 aliphatic rings. The lowest BCUT2D eigenvalue weighted by atomic mass is 9.95. The van der Waals surface area contributed by atoms with Crippen molar-refractivity contribution in [2.75, 3.05) is 0 Å². The summed E-state index contributed by atoms with van der Waals surface area (Å²) in [5, 5.41) is 4.55. The van der Waals surface area contributed by atoms with Gasteiger partial charge in [-0.3, -0.25) is 0 Å². The third kappa shape index (κ3) is 12.2. The molecule has 4 aromatic heterocycles. The Bertz CT molecular complexity index is 5920. The highest BCUT2D eigenvalue weighted by atomic mass is 15.1. The van der Waals surface area contributed by atoms with Gasteiger partial charge in [0.2, 0.25) is 0 Å². The normalized spacial score (nSPS) is 11.5. The summed E-state index contributed by atoms with van der Waals surface area (Å²) in [6, 6.07) is 127. The van der Waals surface area contributed by atoms with Crippen LogP contribution in [-0.2, 0) is 0 Å². The molecule has 4 heterocycles. The molecule has 0 aliphatic carbocycles. The number of fused-ring (bicyclic) bond motifs is 6. The lowest BCUT2D eigenvalue weighted by molar-refractivity contribution is 1.07. The summed E-state index contributed by atoms with van der Waals surface area (Å²) < 4.78 is 4.92. The summed E-state index contributed by atoms with van der Waals surface area (Å²) in [6.07, 6.45) is 0. The van der Waals surface area contributed by atoms with Crippen LogP contribution in [0.25, 0.3) is 190 Å². The van der Waals surface area contributed by atoms with Crippen molar-refractivity contribution in [2.24, 2.45) is 0 Å². The van der Waals surface area contributed by atoms with Gasteiger partial charge in [0.05, 0.1) is 33.4 Å². The average molecular weight is 1380 g/mol. The third-order valence-electron chi connectivity index (χ3n) is 20.9. The van der Waals surface area contributed by atoms with E-state index in [-0.39, 0.29) is 0 Å². The van der Waals surface area contributed by atoms with Crippen LogP contribution in [0.4, 0.5) is 0 Å². The zero-order valence-corrected chi connectivity index (χ0v) is 60.1. The van der Waals surface area contributed by atoms with Gasteiger partial charge in [-0.05, 0) is 150 Å². The molecule has 0 spiro atoms. The van der Waals surface area contributed by atoms with E-state index in [0.29, 0.717) is 34.9 Å². The van der Waals surface area contributed by atoms with Crippen LogP contribution < -0.4 is 0 Å². The molecule has 0 aliphatic heterocycles. The van der Waals surface area contributed by atoms with Crippen LogP contribution in [0.5, 0.6) is 0 Å². The van der Waals surface area contributed by atoms with Crippen LogP contribution >= 0.6 is 0 Å². The standard InChI is InChI=1S/C100H70N8/c1-63-28-36-67(37-29-63)75-46-52-89-85(57-75)86-58-76(68-38-30-64(2)31-39-68)47-53-90(86)107(89)93-61-81(99-103-95(71-18-9-5-10-19-71)101-96(104-99)72-20-11-6-12-21-72)44-50-83(93)79-26-17-27-80(56-79)84-51-45-82(100-105-97(73-22-13-7-14-23-73)102-98(106-100)74-24-15-8-16-25-74)62-94(84)108-91-54-48-77(69-40-32-65(3)33-41-69)59-87(91)88-60-78(49-55-92(88)108)70-42-34-66(4)35-43-70/h5-62H,1-4H3. The Hall–Kier alpha value is -14.1. The molecule has 8 heteroatoms. The molecule has 19 aromatic rings. The Kier molecular flexibility index (Phi) is 16.3. The number of benzene rings is 15. The van der Waals surface area contributed by atoms with Gasteiger partial charge in [-0.2, -0.15) is 0 Å². The van der Waals surface area contributed by atoms with E-state index in [1.807, 2.05) is 72.8 Å². The number of hydrogen-bond donors (Lipinski definition) is 0. The Morgan fingerprint density at radius 1 is 0.167 bits per heavy atom. The lowest BCUT2D eigenvalue weighted by Crippen LogP contribution is -2.03. The van der Waals surface area contributed by atoms with Gasteiger partial charge in [-0.15, -0.1) is 0 Å². The SMILES string of the molecule is Cc1ccc(-c2ccc3c(c2)c2cc(-c4ccc(C)cc4)ccc2n3-c2cc(-c3nc(-c4ccccc4)nc(-c4ccccc4)n3)ccc2-c2cccc(-c3ccc(-c4nc(-c5ccccc5)nc(-c5ccccc5)n4)cc3-n3c4ccc(-c5ccc(C)cc5)cc4c4cc(-c5ccc(C)cc5)ccc43)c2)cc1. The van der Waals surface area contributed by atoms with Gasteiger partial charge in [0, 0.05) is 66.1 Å². The minimum absolute atomic E-state index is 0.561. The predicted molar refractivity (Wildman–Crippen MR) is 446 cm³/mol. The van der Waals surface area contributed by atoms with Gasteiger partial charge in [0.1, 0.15) is 0 Å². The molecule has 0 bridgehead atoms. The molecule has 0 saturated heterocycles. The Balaban J connectivity index is 0.863. The molecule has 0 N–H and O–H groups in total. The number of aromatic nitrogens is 8. The summed E-state index contributed by atoms with van der Waals surface area (Å²) >= 11 is 0. The van der Waals surface area contributed by atoms with Crippen LogP contribution in [0, 0.1) is 27.7 Å². The quantitative estimate of drug-likeness (QED) is 0.108. The molecular weight excluding hydrogens is 1310 g/mol. The molecule has 0 atom stereocenters. The van der Waals surface area contributed by atoms with E-state index in [2.05, 4.69) is 316 Å². The molecule has 0 saturated carbocycles. The molecular formula is C100H70N8. The van der Waals surface area contributed by atoms with E-state index < -0.39 is 0 Å². The number of aryl methyl sites for hydroxylation is 4. The number of nitrogens with zero attached hydrogens (tertiary/aromatic N) is 8. The highest BCUT2D eigenvalue weighted by molar-refractivity contribution is 6.14. The van der Waals surface area contributed by atoms with E-state index in [4.69, 9.17) is 29.9 Å². The number of hydrogen-bond acceptors (Lipinski definition) is 6. The third-order valence-corrected chi connectivity index (χ3v) is 20.9. The molecule has 0 fully saturated rings. The van der Waals surface area contributed by atoms with Crippen molar-refractivity contribution in [2.45, 2.75) is 27.7 Å². The van der Waals surface area contributed by atoms with Crippen LogP contribution in [0.1, 0.15) is 22.3 Å². The van der Waals surface area contributed by atoms with Gasteiger partial charge >= 0.3 is 0 Å². The maximum Gasteiger partial charge on any atom is 0.164 e. The van der Waals surface area contributed by atoms with Crippen LogP contribution in [0.15, 0.2) is 352 Å². The van der Waals surface area contributed by atoms with E-state index >= 15 is 0 Å². The molecule has 510 valence electrons. The van der Waals surface area contributed by atoms with Crippen LogP contribution in [0.2, 0.25) is 0 Å². The van der Waals surface area contributed by atoms with Gasteiger partial charge in [0.25, 0.3) is 0 Å². The Labute approximate surface area is 627 Å². The number of rotatable bonds is 14. The fourth-order valence-corrected chi connectivity index (χ4v) is 15.2. The largest absolute Gasteiger partial charge is 0.309 e. The van der Waals surface area contributed by atoms with Crippen molar-refractivity contribution in [3.05, 3.63) is 374 Å². The molecule has 8 nitrogen and oxygen atoms in total. The predicted octanol–water partition coefficient (Wildman–Crippen LogP) is 25.5. The lowest BCUT2D eigenvalue weighted by Gasteiger charge is -2.19. The van der Waals surface area contributed by atoms with Crippen molar-refractivity contribution in [3.8, 4) is 146 Å². The van der Waals surface area contributed by atoms with E-state index in [0.717, 1.165) is 155 Å². The fraction of sp³-hybridized carbons (Fsp3) is 0.0400. The summed E-state index contributed by atoms with van der Waals surface area (Å²) in [5.41, 5.74) is 29.6. The Morgan fingerprint density at radius 3 is 0.648 bits per heavy atom. The zero-order valence-electron chi connectivity index (χ0n) is 60.1. The second kappa shape index (κ2) is 27.2. The molecule has 0 radical (unpaired) electrons. The smallest absolute Gasteiger partial charge is 0.164 e. The highest BCUT2D eigenvalue weighted by Gasteiger charge is 2.25. The fourth-order valence-electron chi connectivity index (χ4n) is 15.2. The van der Waals surface area contributed by atoms with Gasteiger partial charge in [-0.25, -0.2) is 29.9 Å². The van der Waals surface area contributed by atoms with Crippen LogP contribution in [-0.4, -0.2) is 39.0 Å². The van der Waals surface area contributed by atoms with E-state index in [9.17, 15) is 0 Å². The minimum atomic E-state index is 0.561. The van der Waals surface area contributed by atoms with Crippen molar-refractivity contribution in [1.29, 1.82) is 0 Å². The second-order valence-corrected chi connectivity index (χ2v) is 28.2. The molecule has 0 amide bonds. The molecule has 15 aromatic carbocycles. The minimum Gasteiger partial charge on any atom is -0.309 e. The Morgan fingerprint density at radius 2 is 0.389 bits per heavy atom. The van der Waals surface area contributed by atoms with Crippen molar-refractivity contribution >= 4 is 43.6 Å². The monoisotopic (exact) mass is 1380 g/mol. The first-order valence-electron chi connectivity index (χ1n) is 36.7. The summed E-state index contributed by atoms with van der Waals surface area (Å²) in [7, 11) is 0. The highest BCUT2D eigenvalue weighted by Crippen LogP contribution is 2.46. The molecule has 19 rings (SSSR count). The maximum atomic E-state index is 5.35. The zero-order chi connectivity index (χ0) is 72.3. The van der Waals surface area contributed by atoms with Gasteiger partial charge in [-0.1, -0.05) is 307 Å². The first-order chi connectivity index (χ1) is 53.1. The van der Waals surface area contributed by atoms with Crippen molar-refractivity contribution < 1.29 is 0 Å². The second-order valence-electron chi connectivity index (χ2n) is 28.2. The maximum absolute atomic E-state index is 5.35. The van der Waals surface area contributed by atoms with E-state index in [1.54, 1.807) is 0 Å². The van der Waals surface area contributed by atoms with Crippen molar-refractivity contribution in [3.63, 3.8) is 0 Å². The summed E-state index contributed by atoms with van der Waals surface area (Å²) in [4.78, 5) is 31.7.